The number of hydrogen-bond donors (Lipinski definition) is 1. The molecular weight excluding hydrogens is 210 g/mol. The molecule has 1 heterocycles. The molecule has 0 atom stereocenters. The lowest BCUT2D eigenvalue weighted by molar-refractivity contribution is 0.535. The summed E-state index contributed by atoms with van der Waals surface area (Å²) in [5.74, 6) is 1.05. The quantitative estimate of drug-likeness (QED) is 0.860. The Morgan fingerprint density at radius 1 is 1.24 bits per heavy atom. The van der Waals surface area contributed by atoms with Gasteiger partial charge < -0.3 is 10.3 Å². The molecule has 0 aliphatic heterocycles. The van der Waals surface area contributed by atoms with Crippen LogP contribution in [0, 0.1) is 0 Å². The minimum atomic E-state index is 0.0191. The first-order chi connectivity index (χ1) is 8.04. The lowest BCUT2D eigenvalue weighted by atomic mass is 9.95. The van der Waals surface area contributed by atoms with Gasteiger partial charge in [-0.3, -0.25) is 0 Å². The third-order valence-corrected chi connectivity index (χ3v) is 2.78. The molecule has 17 heavy (non-hydrogen) atoms. The monoisotopic (exact) mass is 229 g/mol. The van der Waals surface area contributed by atoms with Crippen molar-refractivity contribution in [1.29, 1.82) is 0 Å². The Morgan fingerprint density at radius 3 is 2.59 bits per heavy atom. The molecule has 0 amide bonds. The highest BCUT2D eigenvalue weighted by atomic mass is 15.1. The lowest BCUT2D eigenvalue weighted by Gasteiger charge is -2.21. The van der Waals surface area contributed by atoms with E-state index in [2.05, 4.69) is 42.5 Å². The zero-order valence-corrected chi connectivity index (χ0v) is 10.6. The van der Waals surface area contributed by atoms with Crippen LogP contribution in [0.4, 0.5) is 0 Å². The van der Waals surface area contributed by atoms with Crippen LogP contribution in [0.1, 0.15) is 32.2 Å². The highest BCUT2D eigenvalue weighted by Gasteiger charge is 2.20. The van der Waals surface area contributed by atoms with Crippen LogP contribution in [0.25, 0.3) is 5.69 Å². The summed E-state index contributed by atoms with van der Waals surface area (Å²) in [4.78, 5) is 4.46. The van der Waals surface area contributed by atoms with E-state index in [9.17, 15) is 0 Å². The van der Waals surface area contributed by atoms with Crippen LogP contribution in [0.3, 0.4) is 0 Å². The van der Waals surface area contributed by atoms with E-state index in [-0.39, 0.29) is 5.41 Å². The molecule has 3 heteroatoms. The van der Waals surface area contributed by atoms with Crippen molar-refractivity contribution in [3.63, 3.8) is 0 Å². The zero-order valence-electron chi connectivity index (χ0n) is 10.6. The number of benzene rings is 1. The second kappa shape index (κ2) is 4.34. The molecule has 0 aliphatic carbocycles. The minimum Gasteiger partial charge on any atom is -0.326 e. The molecular formula is C14H19N3. The van der Waals surface area contributed by atoms with Crippen LogP contribution >= 0.6 is 0 Å². The topological polar surface area (TPSA) is 43.8 Å². The van der Waals surface area contributed by atoms with Crippen molar-refractivity contribution in [2.75, 3.05) is 0 Å². The summed E-state index contributed by atoms with van der Waals surface area (Å²) >= 11 is 0. The Kier molecular flexibility index (Phi) is 3.03. The second-order valence-electron chi connectivity index (χ2n) is 5.20. The molecule has 2 aromatic rings. The first-order valence-electron chi connectivity index (χ1n) is 5.86. The van der Waals surface area contributed by atoms with Gasteiger partial charge in [0.05, 0.1) is 5.69 Å². The fourth-order valence-corrected chi connectivity index (χ4v) is 1.97. The third kappa shape index (κ3) is 2.24. The number of para-hydroxylation sites is 1. The van der Waals surface area contributed by atoms with Crippen LogP contribution in [-0.4, -0.2) is 9.55 Å². The zero-order chi connectivity index (χ0) is 12.5. The summed E-state index contributed by atoms with van der Waals surface area (Å²) in [5, 5.41) is 0. The lowest BCUT2D eigenvalue weighted by Crippen LogP contribution is -2.19. The molecule has 0 saturated heterocycles. The maximum Gasteiger partial charge on any atom is 0.118 e. The van der Waals surface area contributed by atoms with Gasteiger partial charge in [0, 0.05) is 24.4 Å². The normalized spacial score (nSPS) is 11.8. The number of nitrogens with two attached hydrogens (primary N) is 1. The molecule has 0 aliphatic rings. The maximum absolute atomic E-state index is 5.78. The van der Waals surface area contributed by atoms with E-state index < -0.39 is 0 Å². The van der Waals surface area contributed by atoms with E-state index in [4.69, 9.17) is 5.73 Å². The Bertz CT molecular complexity index is 506. The van der Waals surface area contributed by atoms with E-state index >= 15 is 0 Å². The highest BCUT2D eigenvalue weighted by molar-refractivity contribution is 5.42. The SMILES string of the molecule is CC(C)(C)c1nccn1-c1ccccc1CN. The van der Waals surface area contributed by atoms with Crippen LogP contribution < -0.4 is 5.73 Å². The molecule has 90 valence electrons. The first kappa shape index (κ1) is 11.9. The molecule has 0 fully saturated rings. The standard InChI is InChI=1S/C14H19N3/c1-14(2,3)13-16-8-9-17(13)12-7-5-4-6-11(12)10-15/h4-9H,10,15H2,1-3H3. The van der Waals surface area contributed by atoms with Crippen molar-refractivity contribution < 1.29 is 0 Å². The van der Waals surface area contributed by atoms with Gasteiger partial charge >= 0.3 is 0 Å². The molecule has 0 spiro atoms. The number of imidazole rings is 1. The van der Waals surface area contributed by atoms with Gasteiger partial charge in [0.2, 0.25) is 0 Å². The third-order valence-electron chi connectivity index (χ3n) is 2.78. The predicted molar refractivity (Wildman–Crippen MR) is 70.2 cm³/mol. The number of nitrogens with zero attached hydrogens (tertiary/aromatic N) is 2. The fourth-order valence-electron chi connectivity index (χ4n) is 1.97. The van der Waals surface area contributed by atoms with Gasteiger partial charge in [0.25, 0.3) is 0 Å². The number of aromatic nitrogens is 2. The molecule has 0 unspecified atom stereocenters. The van der Waals surface area contributed by atoms with E-state index in [1.165, 1.54) is 0 Å². The van der Waals surface area contributed by atoms with Gasteiger partial charge in [0.1, 0.15) is 5.82 Å². The van der Waals surface area contributed by atoms with E-state index in [1.807, 2.05) is 24.5 Å². The molecule has 0 radical (unpaired) electrons. The van der Waals surface area contributed by atoms with Crippen LogP contribution in [0.2, 0.25) is 0 Å². The average molecular weight is 229 g/mol. The maximum atomic E-state index is 5.78. The first-order valence-corrected chi connectivity index (χ1v) is 5.86. The van der Waals surface area contributed by atoms with Crippen molar-refractivity contribution in [3.8, 4) is 5.69 Å². The Balaban J connectivity index is 2.58. The molecule has 2 rings (SSSR count). The summed E-state index contributed by atoms with van der Waals surface area (Å²) in [6.45, 7) is 7.03. The molecule has 1 aromatic heterocycles. The van der Waals surface area contributed by atoms with Crippen LogP contribution in [0.5, 0.6) is 0 Å². The van der Waals surface area contributed by atoms with Crippen molar-refractivity contribution in [1.82, 2.24) is 9.55 Å². The van der Waals surface area contributed by atoms with Gasteiger partial charge in [-0.05, 0) is 11.6 Å². The Hall–Kier alpha value is -1.61. The summed E-state index contributed by atoms with van der Waals surface area (Å²) in [7, 11) is 0. The van der Waals surface area contributed by atoms with Gasteiger partial charge in [0.15, 0.2) is 0 Å². The Morgan fingerprint density at radius 2 is 1.94 bits per heavy atom. The summed E-state index contributed by atoms with van der Waals surface area (Å²) < 4.78 is 2.13. The summed E-state index contributed by atoms with van der Waals surface area (Å²) in [5.41, 5.74) is 8.06. The molecule has 1 aromatic carbocycles. The molecule has 3 nitrogen and oxygen atoms in total. The van der Waals surface area contributed by atoms with Crippen molar-refractivity contribution in [2.24, 2.45) is 5.73 Å². The molecule has 0 saturated carbocycles. The summed E-state index contributed by atoms with van der Waals surface area (Å²) in [6.07, 6.45) is 3.84. The predicted octanol–water partition coefficient (Wildman–Crippen LogP) is 2.63. The minimum absolute atomic E-state index is 0.0191. The number of rotatable bonds is 2. The van der Waals surface area contributed by atoms with Gasteiger partial charge in [-0.1, -0.05) is 39.0 Å². The van der Waals surface area contributed by atoms with Crippen molar-refractivity contribution in [3.05, 3.63) is 48.0 Å². The van der Waals surface area contributed by atoms with Crippen molar-refractivity contribution in [2.45, 2.75) is 32.7 Å². The Labute approximate surface area is 102 Å². The van der Waals surface area contributed by atoms with E-state index in [1.54, 1.807) is 0 Å². The number of hydrogen-bond acceptors (Lipinski definition) is 2. The fraction of sp³-hybridized carbons (Fsp3) is 0.357. The van der Waals surface area contributed by atoms with Crippen LogP contribution in [0.15, 0.2) is 36.7 Å². The summed E-state index contributed by atoms with van der Waals surface area (Å²) in [6, 6.07) is 8.18. The van der Waals surface area contributed by atoms with Crippen molar-refractivity contribution >= 4 is 0 Å². The highest BCUT2D eigenvalue weighted by Crippen LogP contribution is 2.24. The van der Waals surface area contributed by atoms with Gasteiger partial charge in [-0.25, -0.2) is 4.98 Å². The smallest absolute Gasteiger partial charge is 0.118 e. The molecule has 2 N–H and O–H groups in total. The van der Waals surface area contributed by atoms with E-state index in [0.29, 0.717) is 6.54 Å². The largest absolute Gasteiger partial charge is 0.326 e. The average Bonchev–Trinajstić information content (AvgIpc) is 2.77. The van der Waals surface area contributed by atoms with Gasteiger partial charge in [-0.15, -0.1) is 0 Å². The van der Waals surface area contributed by atoms with E-state index in [0.717, 1.165) is 17.1 Å². The molecule has 0 bridgehead atoms. The van der Waals surface area contributed by atoms with Gasteiger partial charge in [-0.2, -0.15) is 0 Å². The van der Waals surface area contributed by atoms with Crippen LogP contribution in [-0.2, 0) is 12.0 Å². The second-order valence-corrected chi connectivity index (χ2v) is 5.20.